The molecule has 0 N–H and O–H groups in total. The summed E-state index contributed by atoms with van der Waals surface area (Å²) < 4.78 is 16.3. The van der Waals surface area contributed by atoms with E-state index in [-0.39, 0.29) is 5.92 Å². The molecule has 3 aromatic heterocycles. The van der Waals surface area contributed by atoms with Crippen molar-refractivity contribution in [1.82, 2.24) is 20.3 Å². The number of hydrogen-bond acceptors (Lipinski definition) is 7. The number of rotatable bonds is 3. The van der Waals surface area contributed by atoms with Gasteiger partial charge in [-0.15, -0.1) is 0 Å². The first-order chi connectivity index (χ1) is 11.3. The van der Waals surface area contributed by atoms with E-state index in [1.807, 2.05) is 19.1 Å². The van der Waals surface area contributed by atoms with Crippen LogP contribution in [0.3, 0.4) is 0 Å². The number of aromatic nitrogens is 4. The van der Waals surface area contributed by atoms with E-state index in [9.17, 15) is 0 Å². The summed E-state index contributed by atoms with van der Waals surface area (Å²) in [6.07, 6.45) is 5.47. The minimum Gasteiger partial charge on any atom is -0.381 e. The number of aryl methyl sites for hydroxylation is 1. The van der Waals surface area contributed by atoms with Gasteiger partial charge in [0.1, 0.15) is 17.0 Å². The van der Waals surface area contributed by atoms with Crippen LogP contribution in [-0.4, -0.2) is 33.5 Å². The molecule has 3 aromatic rings. The van der Waals surface area contributed by atoms with Crippen LogP contribution in [0.4, 0.5) is 0 Å². The highest BCUT2D eigenvalue weighted by atomic mass is 16.5. The van der Waals surface area contributed by atoms with E-state index in [0.29, 0.717) is 35.3 Å². The van der Waals surface area contributed by atoms with Crippen LogP contribution in [0, 0.1) is 6.92 Å². The van der Waals surface area contributed by atoms with E-state index in [2.05, 4.69) is 20.3 Å². The molecule has 1 aliphatic heterocycles. The van der Waals surface area contributed by atoms with Gasteiger partial charge in [0.25, 0.3) is 5.89 Å². The molecule has 118 valence electrons. The molecule has 4 rings (SSSR count). The topological polar surface area (TPSA) is 87.1 Å². The summed E-state index contributed by atoms with van der Waals surface area (Å²) in [5, 5.41) is 8.24. The highest BCUT2D eigenvalue weighted by Gasteiger charge is 2.26. The average molecular weight is 312 g/mol. The van der Waals surface area contributed by atoms with Crippen molar-refractivity contribution in [2.75, 3.05) is 13.2 Å². The van der Waals surface area contributed by atoms with Crippen molar-refractivity contribution in [2.24, 2.45) is 0 Å². The summed E-state index contributed by atoms with van der Waals surface area (Å²) in [5.41, 5.74) is 2.22. The Morgan fingerprint density at radius 1 is 1.22 bits per heavy atom. The van der Waals surface area contributed by atoms with Gasteiger partial charge in [-0.25, -0.2) is 0 Å². The molecule has 7 heteroatoms. The second-order valence-electron chi connectivity index (χ2n) is 5.58. The molecule has 0 radical (unpaired) electrons. The molecule has 4 heterocycles. The van der Waals surface area contributed by atoms with Crippen molar-refractivity contribution < 1.29 is 13.8 Å². The van der Waals surface area contributed by atoms with Crippen molar-refractivity contribution in [3.8, 4) is 22.7 Å². The van der Waals surface area contributed by atoms with E-state index in [4.69, 9.17) is 13.8 Å². The highest BCUT2D eigenvalue weighted by molar-refractivity contribution is 5.77. The molecule has 1 saturated heterocycles. The molecule has 1 aliphatic rings. The Hall–Kier alpha value is -2.54. The Bertz CT molecular complexity index is 791. The molecule has 0 amide bonds. The Labute approximate surface area is 132 Å². The van der Waals surface area contributed by atoms with E-state index in [0.717, 1.165) is 25.0 Å². The standard InChI is InChI=1S/C16H16N4O3/c1-10-13(14(19-22-10)11-4-2-6-17-8-11)16-18-15(20-23-16)12-5-3-7-21-9-12/h2,4,6,8,12H,3,5,7,9H2,1H3. The number of pyridine rings is 1. The van der Waals surface area contributed by atoms with E-state index in [1.54, 1.807) is 12.4 Å². The monoisotopic (exact) mass is 312 g/mol. The third kappa shape index (κ3) is 2.63. The van der Waals surface area contributed by atoms with Crippen LogP contribution >= 0.6 is 0 Å². The summed E-state index contributed by atoms with van der Waals surface area (Å²) in [6.45, 7) is 3.27. The fourth-order valence-electron chi connectivity index (χ4n) is 2.77. The third-order valence-electron chi connectivity index (χ3n) is 3.98. The van der Waals surface area contributed by atoms with E-state index >= 15 is 0 Å². The van der Waals surface area contributed by atoms with Crippen molar-refractivity contribution in [3.63, 3.8) is 0 Å². The Balaban J connectivity index is 1.71. The molecule has 23 heavy (non-hydrogen) atoms. The first-order valence-corrected chi connectivity index (χ1v) is 7.61. The Kier molecular flexibility index (Phi) is 3.63. The lowest BCUT2D eigenvalue weighted by Gasteiger charge is -2.18. The van der Waals surface area contributed by atoms with Gasteiger partial charge in [0, 0.05) is 30.5 Å². The lowest BCUT2D eigenvalue weighted by molar-refractivity contribution is 0.0773. The molecule has 1 atom stereocenters. The van der Waals surface area contributed by atoms with E-state index < -0.39 is 0 Å². The zero-order valence-corrected chi connectivity index (χ0v) is 12.7. The first-order valence-electron chi connectivity index (χ1n) is 7.61. The third-order valence-corrected chi connectivity index (χ3v) is 3.98. The van der Waals surface area contributed by atoms with Crippen LogP contribution in [-0.2, 0) is 4.74 Å². The van der Waals surface area contributed by atoms with Gasteiger partial charge in [-0.2, -0.15) is 4.98 Å². The fraction of sp³-hybridized carbons (Fsp3) is 0.375. The van der Waals surface area contributed by atoms with Gasteiger partial charge < -0.3 is 13.8 Å². The van der Waals surface area contributed by atoms with Crippen LogP contribution in [0.25, 0.3) is 22.7 Å². The van der Waals surface area contributed by atoms with Gasteiger partial charge in [0.05, 0.1) is 6.61 Å². The quantitative estimate of drug-likeness (QED) is 0.734. The molecule has 0 bridgehead atoms. The maximum atomic E-state index is 5.49. The van der Waals surface area contributed by atoms with E-state index in [1.165, 1.54) is 0 Å². The minimum absolute atomic E-state index is 0.184. The van der Waals surface area contributed by atoms with Crippen LogP contribution < -0.4 is 0 Å². The second kappa shape index (κ2) is 5.92. The zero-order valence-electron chi connectivity index (χ0n) is 12.7. The van der Waals surface area contributed by atoms with Gasteiger partial charge in [0.2, 0.25) is 0 Å². The van der Waals surface area contributed by atoms with Gasteiger partial charge in [-0.3, -0.25) is 4.98 Å². The zero-order chi connectivity index (χ0) is 15.6. The normalized spacial score (nSPS) is 18.2. The highest BCUT2D eigenvalue weighted by Crippen LogP contribution is 2.34. The summed E-state index contributed by atoms with van der Waals surface area (Å²) in [4.78, 5) is 8.66. The average Bonchev–Trinajstić information content (AvgIpc) is 3.23. The maximum absolute atomic E-state index is 5.49. The van der Waals surface area contributed by atoms with Gasteiger partial charge >= 0.3 is 0 Å². The van der Waals surface area contributed by atoms with Crippen molar-refractivity contribution in [3.05, 3.63) is 36.1 Å². The maximum Gasteiger partial charge on any atom is 0.263 e. The summed E-state index contributed by atoms with van der Waals surface area (Å²) in [7, 11) is 0. The van der Waals surface area contributed by atoms with Gasteiger partial charge in [-0.1, -0.05) is 10.3 Å². The van der Waals surface area contributed by atoms with Crippen molar-refractivity contribution in [2.45, 2.75) is 25.7 Å². The second-order valence-corrected chi connectivity index (χ2v) is 5.58. The van der Waals surface area contributed by atoms with Crippen LogP contribution in [0.5, 0.6) is 0 Å². The molecule has 0 saturated carbocycles. The predicted molar refractivity (Wildman–Crippen MR) is 80.6 cm³/mol. The molecular formula is C16H16N4O3. The predicted octanol–water partition coefficient (Wildman–Crippen LogP) is 2.99. The Morgan fingerprint density at radius 2 is 2.17 bits per heavy atom. The summed E-state index contributed by atoms with van der Waals surface area (Å²) >= 11 is 0. The molecule has 0 spiro atoms. The summed E-state index contributed by atoms with van der Waals surface area (Å²) in [6, 6.07) is 3.77. The largest absolute Gasteiger partial charge is 0.381 e. The van der Waals surface area contributed by atoms with Crippen LogP contribution in [0.15, 0.2) is 33.6 Å². The fourth-order valence-corrected chi connectivity index (χ4v) is 2.77. The lowest BCUT2D eigenvalue weighted by atomic mass is 10.0. The SMILES string of the molecule is Cc1onc(-c2cccnc2)c1-c1nc(C2CCCOC2)no1. The van der Waals surface area contributed by atoms with Gasteiger partial charge in [0.15, 0.2) is 5.82 Å². The number of hydrogen-bond donors (Lipinski definition) is 0. The molecule has 1 unspecified atom stereocenters. The van der Waals surface area contributed by atoms with Crippen LogP contribution in [0.2, 0.25) is 0 Å². The number of ether oxygens (including phenoxy) is 1. The van der Waals surface area contributed by atoms with Crippen molar-refractivity contribution >= 4 is 0 Å². The molecule has 0 aromatic carbocycles. The molecule has 7 nitrogen and oxygen atoms in total. The lowest BCUT2D eigenvalue weighted by Crippen LogP contribution is -2.16. The number of nitrogens with zero attached hydrogens (tertiary/aromatic N) is 4. The molecular weight excluding hydrogens is 296 g/mol. The van der Waals surface area contributed by atoms with Gasteiger partial charge in [-0.05, 0) is 31.9 Å². The van der Waals surface area contributed by atoms with Crippen molar-refractivity contribution in [1.29, 1.82) is 0 Å². The molecule has 0 aliphatic carbocycles. The molecule has 1 fully saturated rings. The summed E-state index contributed by atoms with van der Waals surface area (Å²) in [5.74, 6) is 1.92. The van der Waals surface area contributed by atoms with Crippen LogP contribution in [0.1, 0.15) is 30.3 Å². The first kappa shape index (κ1) is 14.1. The smallest absolute Gasteiger partial charge is 0.263 e. The Morgan fingerprint density at radius 3 is 2.96 bits per heavy atom. The minimum atomic E-state index is 0.184.